The number of nitrogen functional groups attached to an aromatic ring is 1. The molecular weight excluding hydrogens is 236 g/mol. The number of anilines is 1. The number of aromatic nitrogens is 1. The molecule has 1 heterocycles. The summed E-state index contributed by atoms with van der Waals surface area (Å²) in [4.78, 5) is 0. The van der Waals surface area contributed by atoms with Crippen LogP contribution in [0.25, 0.3) is 10.9 Å². The molecule has 0 unspecified atom stereocenters. The molecule has 0 radical (unpaired) electrons. The van der Waals surface area contributed by atoms with Crippen molar-refractivity contribution in [3.63, 3.8) is 0 Å². The molecule has 2 aromatic rings. The Balaban J connectivity index is 2.91. The average molecular weight is 260 g/mol. The first-order valence-electron chi connectivity index (χ1n) is 7.03. The van der Waals surface area contributed by atoms with Gasteiger partial charge in [0.15, 0.2) is 0 Å². The van der Waals surface area contributed by atoms with Gasteiger partial charge >= 0.3 is 0 Å². The normalized spacial score (nSPS) is 11.7. The van der Waals surface area contributed by atoms with E-state index in [1.807, 2.05) is 6.07 Å². The maximum absolute atomic E-state index is 9.33. The van der Waals surface area contributed by atoms with Crippen molar-refractivity contribution in [1.82, 2.24) is 4.57 Å². The van der Waals surface area contributed by atoms with Gasteiger partial charge in [0.2, 0.25) is 0 Å². The second kappa shape index (κ2) is 5.25. The van der Waals surface area contributed by atoms with Gasteiger partial charge in [-0.05, 0) is 36.5 Å². The van der Waals surface area contributed by atoms with Crippen molar-refractivity contribution in [2.75, 3.05) is 12.3 Å². The zero-order chi connectivity index (χ0) is 14.2. The molecule has 104 valence electrons. The van der Waals surface area contributed by atoms with Crippen molar-refractivity contribution in [3.05, 3.63) is 29.0 Å². The summed E-state index contributed by atoms with van der Waals surface area (Å²) >= 11 is 0. The third-order valence-electron chi connectivity index (χ3n) is 3.95. The predicted molar refractivity (Wildman–Crippen MR) is 81.6 cm³/mol. The third-order valence-corrected chi connectivity index (χ3v) is 3.95. The van der Waals surface area contributed by atoms with Crippen LogP contribution in [-0.2, 0) is 13.0 Å². The molecule has 3 N–H and O–H groups in total. The number of nitrogens with two attached hydrogens (primary N) is 1. The van der Waals surface area contributed by atoms with Crippen LogP contribution >= 0.6 is 0 Å². The van der Waals surface area contributed by atoms with Gasteiger partial charge in [-0.2, -0.15) is 0 Å². The molecule has 3 nitrogen and oxygen atoms in total. The van der Waals surface area contributed by atoms with Crippen LogP contribution in [0.3, 0.4) is 0 Å². The number of benzene rings is 1. The number of aliphatic hydroxyl groups is 1. The van der Waals surface area contributed by atoms with Gasteiger partial charge in [-0.25, -0.2) is 0 Å². The van der Waals surface area contributed by atoms with Gasteiger partial charge in [0.05, 0.1) is 12.1 Å². The zero-order valence-corrected chi connectivity index (χ0v) is 12.3. The van der Waals surface area contributed by atoms with Crippen LogP contribution in [0.15, 0.2) is 12.1 Å². The molecule has 1 aromatic heterocycles. The summed E-state index contributed by atoms with van der Waals surface area (Å²) in [5.74, 6) is 0.444. The van der Waals surface area contributed by atoms with Crippen LogP contribution in [0.4, 0.5) is 5.69 Å². The van der Waals surface area contributed by atoms with Crippen LogP contribution in [0, 0.1) is 6.92 Å². The summed E-state index contributed by atoms with van der Waals surface area (Å²) in [5, 5.41) is 10.5. The summed E-state index contributed by atoms with van der Waals surface area (Å²) in [6.45, 7) is 9.46. The summed E-state index contributed by atoms with van der Waals surface area (Å²) in [6.07, 6.45) is 0.965. The summed E-state index contributed by atoms with van der Waals surface area (Å²) < 4.78 is 2.22. The molecule has 3 heteroatoms. The van der Waals surface area contributed by atoms with Gasteiger partial charge in [0.1, 0.15) is 0 Å². The SMILES string of the molecule is CCc1c(C)n(CCO)c2c(C(C)C)ccc(N)c12. The van der Waals surface area contributed by atoms with Crippen LogP contribution in [0.5, 0.6) is 0 Å². The fraction of sp³-hybridized carbons (Fsp3) is 0.500. The third kappa shape index (κ3) is 2.12. The van der Waals surface area contributed by atoms with E-state index in [0.29, 0.717) is 12.5 Å². The average Bonchev–Trinajstić information content (AvgIpc) is 2.64. The topological polar surface area (TPSA) is 51.2 Å². The summed E-state index contributed by atoms with van der Waals surface area (Å²) in [7, 11) is 0. The highest BCUT2D eigenvalue weighted by molar-refractivity contribution is 5.97. The van der Waals surface area contributed by atoms with E-state index in [4.69, 9.17) is 5.73 Å². The Bertz CT molecular complexity index is 597. The molecule has 0 aliphatic heterocycles. The maximum Gasteiger partial charge on any atom is 0.0610 e. The van der Waals surface area contributed by atoms with Crippen LogP contribution < -0.4 is 5.73 Å². The molecule has 0 aliphatic carbocycles. The fourth-order valence-electron chi connectivity index (χ4n) is 3.02. The molecule has 0 fully saturated rings. The van der Waals surface area contributed by atoms with E-state index in [2.05, 4.69) is 38.3 Å². The lowest BCUT2D eigenvalue weighted by Gasteiger charge is -2.13. The summed E-state index contributed by atoms with van der Waals surface area (Å²) in [5.41, 5.74) is 12.1. The van der Waals surface area contributed by atoms with E-state index in [9.17, 15) is 5.11 Å². The van der Waals surface area contributed by atoms with Gasteiger partial charge < -0.3 is 15.4 Å². The molecule has 0 amide bonds. The summed E-state index contributed by atoms with van der Waals surface area (Å²) in [6, 6.07) is 4.13. The largest absolute Gasteiger partial charge is 0.398 e. The molecule has 2 rings (SSSR count). The Kier molecular flexibility index (Phi) is 3.85. The van der Waals surface area contributed by atoms with Crippen LogP contribution in [0.2, 0.25) is 0 Å². The number of rotatable bonds is 4. The number of hydrogen-bond donors (Lipinski definition) is 2. The van der Waals surface area contributed by atoms with E-state index >= 15 is 0 Å². The van der Waals surface area contributed by atoms with Crippen molar-refractivity contribution in [3.8, 4) is 0 Å². The lowest BCUT2D eigenvalue weighted by Crippen LogP contribution is -2.06. The van der Waals surface area contributed by atoms with E-state index in [1.54, 1.807) is 0 Å². The second-order valence-electron chi connectivity index (χ2n) is 5.42. The Morgan fingerprint density at radius 2 is 2.00 bits per heavy atom. The van der Waals surface area contributed by atoms with E-state index in [1.165, 1.54) is 27.7 Å². The first-order valence-corrected chi connectivity index (χ1v) is 7.03. The highest BCUT2D eigenvalue weighted by atomic mass is 16.3. The standard InChI is InChI=1S/C16H24N2O/c1-5-12-11(4)18(8-9-19)16-13(10(2)3)6-7-14(17)15(12)16/h6-7,10,19H,5,8-9,17H2,1-4H3. The molecule has 0 saturated carbocycles. The van der Waals surface area contributed by atoms with E-state index in [0.717, 1.165) is 12.1 Å². The minimum Gasteiger partial charge on any atom is -0.398 e. The number of aliphatic hydroxyl groups excluding tert-OH is 1. The van der Waals surface area contributed by atoms with E-state index < -0.39 is 0 Å². The Morgan fingerprint density at radius 3 is 2.53 bits per heavy atom. The highest BCUT2D eigenvalue weighted by Gasteiger charge is 2.18. The molecule has 0 saturated heterocycles. The number of nitrogens with zero attached hydrogens (tertiary/aromatic N) is 1. The van der Waals surface area contributed by atoms with Crippen molar-refractivity contribution in [1.29, 1.82) is 0 Å². The Hall–Kier alpha value is -1.48. The quantitative estimate of drug-likeness (QED) is 0.829. The fourth-order valence-corrected chi connectivity index (χ4v) is 3.02. The van der Waals surface area contributed by atoms with Gasteiger partial charge in [0, 0.05) is 23.3 Å². The number of fused-ring (bicyclic) bond motifs is 1. The molecule has 19 heavy (non-hydrogen) atoms. The van der Waals surface area contributed by atoms with Crippen molar-refractivity contribution >= 4 is 16.6 Å². The first-order chi connectivity index (χ1) is 9.02. The smallest absolute Gasteiger partial charge is 0.0610 e. The van der Waals surface area contributed by atoms with Gasteiger partial charge in [0.25, 0.3) is 0 Å². The van der Waals surface area contributed by atoms with Crippen molar-refractivity contribution in [2.24, 2.45) is 0 Å². The highest BCUT2D eigenvalue weighted by Crippen LogP contribution is 2.36. The molecular formula is C16H24N2O. The first kappa shape index (κ1) is 13.9. The Morgan fingerprint density at radius 1 is 1.32 bits per heavy atom. The van der Waals surface area contributed by atoms with Crippen molar-refractivity contribution in [2.45, 2.75) is 46.6 Å². The van der Waals surface area contributed by atoms with Gasteiger partial charge in [-0.15, -0.1) is 0 Å². The Labute approximate surface area is 115 Å². The molecule has 0 spiro atoms. The predicted octanol–water partition coefficient (Wildman–Crippen LogP) is 3.21. The molecule has 0 aliphatic rings. The number of aryl methyl sites for hydroxylation is 1. The second-order valence-corrected chi connectivity index (χ2v) is 5.42. The zero-order valence-electron chi connectivity index (χ0n) is 12.3. The maximum atomic E-state index is 9.33. The minimum absolute atomic E-state index is 0.153. The van der Waals surface area contributed by atoms with Gasteiger partial charge in [-0.3, -0.25) is 0 Å². The minimum atomic E-state index is 0.153. The molecule has 0 atom stereocenters. The van der Waals surface area contributed by atoms with Crippen molar-refractivity contribution < 1.29 is 5.11 Å². The number of hydrogen-bond acceptors (Lipinski definition) is 2. The van der Waals surface area contributed by atoms with E-state index in [-0.39, 0.29) is 6.61 Å². The van der Waals surface area contributed by atoms with Crippen LogP contribution in [-0.4, -0.2) is 16.3 Å². The van der Waals surface area contributed by atoms with Gasteiger partial charge in [-0.1, -0.05) is 26.8 Å². The molecule has 1 aromatic carbocycles. The molecule has 0 bridgehead atoms. The monoisotopic (exact) mass is 260 g/mol. The van der Waals surface area contributed by atoms with Crippen LogP contribution in [0.1, 0.15) is 43.5 Å². The lowest BCUT2D eigenvalue weighted by atomic mass is 9.97. The lowest BCUT2D eigenvalue weighted by molar-refractivity contribution is 0.277.